The molecule has 2 atom stereocenters. The fraction of sp³-hybridized carbons (Fsp3) is 0.481. The second kappa shape index (κ2) is 10.5. The Morgan fingerprint density at radius 3 is 2.21 bits per heavy atom. The van der Waals surface area contributed by atoms with Gasteiger partial charge in [0.15, 0.2) is 0 Å². The molecule has 0 heterocycles. The van der Waals surface area contributed by atoms with Crippen LogP contribution in [0.1, 0.15) is 68.6 Å². The van der Waals surface area contributed by atoms with Crippen molar-refractivity contribution in [3.05, 3.63) is 70.5 Å². The number of aryl methyl sites for hydroxylation is 1. The molecule has 2 rings (SSSR count). The minimum atomic E-state index is -1.18. The van der Waals surface area contributed by atoms with E-state index in [4.69, 9.17) is 4.74 Å². The topological polar surface area (TPSA) is 75.6 Å². The largest absolute Gasteiger partial charge is 0.460 e. The van der Waals surface area contributed by atoms with E-state index in [0.717, 1.165) is 5.56 Å². The zero-order valence-corrected chi connectivity index (χ0v) is 20.7. The Labute approximate surface area is 196 Å². The molecule has 0 aromatic heterocycles. The number of amides is 1. The third-order valence-electron chi connectivity index (χ3n) is 5.00. The zero-order chi connectivity index (χ0) is 25.0. The summed E-state index contributed by atoms with van der Waals surface area (Å²) >= 11 is 0. The first kappa shape index (κ1) is 26.5. The number of carbonyl (C=O) groups excluding carboxylic acids is 2. The van der Waals surface area contributed by atoms with Crippen molar-refractivity contribution in [2.24, 2.45) is 5.92 Å². The fourth-order valence-corrected chi connectivity index (χ4v) is 3.51. The van der Waals surface area contributed by atoms with Gasteiger partial charge in [-0.15, -0.1) is 0 Å². The van der Waals surface area contributed by atoms with E-state index >= 15 is 0 Å². The number of hydrogen-bond donors (Lipinski definition) is 2. The predicted molar refractivity (Wildman–Crippen MR) is 128 cm³/mol. The van der Waals surface area contributed by atoms with E-state index in [0.29, 0.717) is 16.7 Å². The van der Waals surface area contributed by atoms with Gasteiger partial charge >= 0.3 is 5.97 Å². The van der Waals surface area contributed by atoms with Crippen molar-refractivity contribution in [2.45, 2.75) is 78.6 Å². The van der Waals surface area contributed by atoms with Gasteiger partial charge in [-0.05, 0) is 78.1 Å². The first-order valence-corrected chi connectivity index (χ1v) is 11.2. The quantitative estimate of drug-likeness (QED) is 0.588. The summed E-state index contributed by atoms with van der Waals surface area (Å²) in [5.74, 6) is -2.30. The summed E-state index contributed by atoms with van der Waals surface area (Å²) < 4.78 is 19.9. The van der Waals surface area contributed by atoms with Gasteiger partial charge in [0, 0.05) is 17.5 Å². The summed E-state index contributed by atoms with van der Waals surface area (Å²) in [4.78, 5) is 25.9. The van der Waals surface area contributed by atoms with Crippen molar-refractivity contribution in [1.82, 2.24) is 5.32 Å². The van der Waals surface area contributed by atoms with Crippen LogP contribution in [0.2, 0.25) is 0 Å². The molecule has 5 nitrogen and oxygen atoms in total. The molecule has 33 heavy (non-hydrogen) atoms. The van der Waals surface area contributed by atoms with E-state index in [2.05, 4.69) is 5.32 Å². The van der Waals surface area contributed by atoms with Crippen LogP contribution in [0, 0.1) is 18.7 Å². The van der Waals surface area contributed by atoms with Crippen LogP contribution in [-0.2, 0) is 22.4 Å². The molecule has 0 saturated heterocycles. The van der Waals surface area contributed by atoms with Gasteiger partial charge in [-0.2, -0.15) is 0 Å². The maximum absolute atomic E-state index is 14.3. The minimum absolute atomic E-state index is 0.0157. The second-order valence-electron chi connectivity index (χ2n) is 10.6. The van der Waals surface area contributed by atoms with E-state index in [1.807, 2.05) is 33.8 Å². The van der Waals surface area contributed by atoms with Crippen molar-refractivity contribution in [1.29, 1.82) is 0 Å². The van der Waals surface area contributed by atoms with Crippen LogP contribution in [-0.4, -0.2) is 34.2 Å². The summed E-state index contributed by atoms with van der Waals surface area (Å²) in [5.41, 5.74) is 1.09. The molecule has 0 fully saturated rings. The molecule has 0 bridgehead atoms. The summed E-state index contributed by atoms with van der Waals surface area (Å²) in [6.45, 7) is 12.8. The van der Waals surface area contributed by atoms with Gasteiger partial charge in [-0.3, -0.25) is 9.59 Å². The average molecular weight is 458 g/mol. The van der Waals surface area contributed by atoms with Gasteiger partial charge < -0.3 is 15.2 Å². The zero-order valence-electron chi connectivity index (χ0n) is 20.7. The lowest BCUT2D eigenvalue weighted by atomic mass is 9.88. The molecule has 6 heteroatoms. The first-order chi connectivity index (χ1) is 15.2. The molecule has 0 aliphatic heterocycles. The minimum Gasteiger partial charge on any atom is -0.460 e. The highest BCUT2D eigenvalue weighted by Gasteiger charge is 2.33. The smallest absolute Gasteiger partial charge is 0.312 e. The molecule has 0 spiro atoms. The Balaban J connectivity index is 2.37. The van der Waals surface area contributed by atoms with Crippen LogP contribution >= 0.6 is 0 Å². The van der Waals surface area contributed by atoms with E-state index in [1.165, 1.54) is 6.07 Å². The van der Waals surface area contributed by atoms with E-state index < -0.39 is 34.9 Å². The standard InChI is InChI=1S/C27H36FNO4/c1-17-12-13-18(20(14-17)24(31)29-26(2,3)4)16-23(30)21(25(32)33-27(5,6)7)15-19-10-8-9-11-22(19)28/h8-14,21,23,30H,15-16H2,1-7H3,(H,29,31)/t21-,23+/m1/s1. The molecular formula is C27H36FNO4. The van der Waals surface area contributed by atoms with Gasteiger partial charge in [0.05, 0.1) is 12.0 Å². The Kier molecular flexibility index (Phi) is 8.41. The number of carbonyl (C=O) groups is 2. The number of halogens is 1. The number of benzene rings is 2. The van der Waals surface area contributed by atoms with Crippen molar-refractivity contribution in [3.8, 4) is 0 Å². The highest BCUT2D eigenvalue weighted by atomic mass is 19.1. The Morgan fingerprint density at radius 1 is 1.00 bits per heavy atom. The molecule has 2 aromatic carbocycles. The van der Waals surface area contributed by atoms with E-state index in [9.17, 15) is 19.1 Å². The first-order valence-electron chi connectivity index (χ1n) is 11.2. The molecule has 0 saturated carbocycles. The summed E-state index contributed by atoms with van der Waals surface area (Å²) in [6.07, 6.45) is -1.15. The van der Waals surface area contributed by atoms with Gasteiger partial charge in [-0.25, -0.2) is 4.39 Å². The fourth-order valence-electron chi connectivity index (χ4n) is 3.51. The third-order valence-corrected chi connectivity index (χ3v) is 5.00. The Hall–Kier alpha value is -2.73. The molecule has 180 valence electrons. The monoisotopic (exact) mass is 457 g/mol. The molecule has 2 N–H and O–H groups in total. The number of esters is 1. The summed E-state index contributed by atoms with van der Waals surface area (Å²) in [5, 5.41) is 14.1. The van der Waals surface area contributed by atoms with Crippen LogP contribution in [0.3, 0.4) is 0 Å². The maximum atomic E-state index is 14.3. The van der Waals surface area contributed by atoms with Crippen LogP contribution in [0.4, 0.5) is 4.39 Å². The SMILES string of the molecule is Cc1ccc(C[C@H](O)[C@@H](Cc2ccccc2F)C(=O)OC(C)(C)C)c(C(=O)NC(C)(C)C)c1. The second-order valence-corrected chi connectivity index (χ2v) is 10.6. The predicted octanol–water partition coefficient (Wildman–Crippen LogP) is 4.77. The molecule has 1 amide bonds. The lowest BCUT2D eigenvalue weighted by Gasteiger charge is -2.27. The number of nitrogens with one attached hydrogen (secondary N) is 1. The molecular weight excluding hydrogens is 421 g/mol. The Morgan fingerprint density at radius 2 is 1.64 bits per heavy atom. The highest BCUT2D eigenvalue weighted by molar-refractivity contribution is 5.96. The molecule has 2 aromatic rings. The average Bonchev–Trinajstić information content (AvgIpc) is 2.65. The summed E-state index contributed by atoms with van der Waals surface area (Å²) in [7, 11) is 0. The van der Waals surface area contributed by atoms with Crippen molar-refractivity contribution < 1.29 is 23.8 Å². The van der Waals surface area contributed by atoms with Gasteiger partial charge in [0.25, 0.3) is 5.91 Å². The van der Waals surface area contributed by atoms with Crippen LogP contribution in [0.15, 0.2) is 42.5 Å². The van der Waals surface area contributed by atoms with Gasteiger partial charge in [-0.1, -0.05) is 35.9 Å². The third kappa shape index (κ3) is 8.28. The van der Waals surface area contributed by atoms with Gasteiger partial charge in [0.2, 0.25) is 0 Å². The molecule has 0 aliphatic rings. The van der Waals surface area contributed by atoms with E-state index in [1.54, 1.807) is 51.1 Å². The number of ether oxygens (including phenoxy) is 1. The lowest BCUT2D eigenvalue weighted by Crippen LogP contribution is -2.41. The van der Waals surface area contributed by atoms with Crippen molar-refractivity contribution in [3.63, 3.8) is 0 Å². The lowest BCUT2D eigenvalue weighted by molar-refractivity contribution is -0.164. The van der Waals surface area contributed by atoms with Crippen molar-refractivity contribution in [2.75, 3.05) is 0 Å². The van der Waals surface area contributed by atoms with Crippen molar-refractivity contribution >= 4 is 11.9 Å². The Bertz CT molecular complexity index is 988. The van der Waals surface area contributed by atoms with E-state index in [-0.39, 0.29) is 18.7 Å². The highest BCUT2D eigenvalue weighted by Crippen LogP contribution is 2.24. The number of rotatable bonds is 7. The normalized spacial score (nSPS) is 13.8. The van der Waals surface area contributed by atoms with Gasteiger partial charge in [0.1, 0.15) is 11.4 Å². The van der Waals surface area contributed by atoms with Crippen LogP contribution in [0.5, 0.6) is 0 Å². The number of aliphatic hydroxyl groups is 1. The summed E-state index contributed by atoms with van der Waals surface area (Å²) in [6, 6.07) is 11.6. The number of hydrogen-bond acceptors (Lipinski definition) is 4. The number of aliphatic hydroxyl groups excluding tert-OH is 1. The van der Waals surface area contributed by atoms with Crippen LogP contribution < -0.4 is 5.32 Å². The molecule has 0 unspecified atom stereocenters. The molecule has 0 radical (unpaired) electrons. The maximum Gasteiger partial charge on any atom is 0.312 e. The molecule has 0 aliphatic carbocycles. The van der Waals surface area contributed by atoms with Crippen LogP contribution in [0.25, 0.3) is 0 Å².